The van der Waals surface area contributed by atoms with E-state index in [-0.39, 0.29) is 11.8 Å². The van der Waals surface area contributed by atoms with Crippen molar-refractivity contribution in [2.75, 3.05) is 43.5 Å². The molecular weight excluding hydrogens is 308 g/mol. The van der Waals surface area contributed by atoms with Crippen LogP contribution in [0.15, 0.2) is 0 Å². The Balaban J connectivity index is 1.57. The van der Waals surface area contributed by atoms with E-state index < -0.39 is 0 Å². The molecule has 0 unspecified atom stereocenters. The van der Waals surface area contributed by atoms with Gasteiger partial charge >= 0.3 is 6.01 Å². The first-order valence-electron chi connectivity index (χ1n) is 8.83. The number of ether oxygens (including phenoxy) is 1. The average molecular weight is 334 g/mol. The van der Waals surface area contributed by atoms with Crippen molar-refractivity contribution in [3.63, 3.8) is 0 Å². The van der Waals surface area contributed by atoms with Crippen molar-refractivity contribution in [1.82, 2.24) is 20.3 Å². The summed E-state index contributed by atoms with van der Waals surface area (Å²) in [6.07, 6.45) is 6.86. The summed E-state index contributed by atoms with van der Waals surface area (Å²) in [5.74, 6) is 1.53. The molecule has 0 atom stereocenters. The number of anilines is 2. The Morgan fingerprint density at radius 2 is 1.88 bits per heavy atom. The summed E-state index contributed by atoms with van der Waals surface area (Å²) in [4.78, 5) is 26.9. The lowest BCUT2D eigenvalue weighted by molar-refractivity contribution is -0.122. The first-order chi connectivity index (χ1) is 11.8. The van der Waals surface area contributed by atoms with Crippen LogP contribution in [-0.4, -0.2) is 54.1 Å². The van der Waals surface area contributed by atoms with Crippen LogP contribution in [0.4, 0.5) is 11.9 Å². The van der Waals surface area contributed by atoms with Gasteiger partial charge in [0.25, 0.3) is 0 Å². The number of hydrogen-bond acceptors (Lipinski definition) is 7. The van der Waals surface area contributed by atoms with Crippen LogP contribution in [0, 0.1) is 5.92 Å². The highest BCUT2D eigenvalue weighted by Gasteiger charge is 2.29. The molecule has 8 heteroatoms. The lowest BCUT2D eigenvalue weighted by atomic mass is 10.2. The standard InChI is InChI=1S/C16H26N6O2/c1-24-16-20-14(18-9-8-17-13(23)12-6-7-12)19-15(21-16)22-10-4-2-3-5-11-22/h12H,2-11H2,1H3,(H,17,23)(H,18,19,20,21). The van der Waals surface area contributed by atoms with Gasteiger partial charge in [-0.3, -0.25) is 4.79 Å². The van der Waals surface area contributed by atoms with Crippen LogP contribution >= 0.6 is 0 Å². The maximum Gasteiger partial charge on any atom is 0.322 e. The number of amides is 1. The van der Waals surface area contributed by atoms with Crippen molar-refractivity contribution < 1.29 is 9.53 Å². The molecule has 0 radical (unpaired) electrons. The number of rotatable bonds is 7. The van der Waals surface area contributed by atoms with Crippen LogP contribution in [0.25, 0.3) is 0 Å². The third-order valence-electron chi connectivity index (χ3n) is 4.33. The quantitative estimate of drug-likeness (QED) is 0.724. The van der Waals surface area contributed by atoms with Crippen LogP contribution < -0.4 is 20.3 Å². The average Bonchev–Trinajstić information content (AvgIpc) is 3.45. The maximum absolute atomic E-state index is 11.6. The summed E-state index contributed by atoms with van der Waals surface area (Å²) >= 11 is 0. The molecule has 1 aliphatic heterocycles. The first kappa shape index (κ1) is 16.7. The minimum absolute atomic E-state index is 0.148. The molecule has 1 aromatic heterocycles. The molecule has 0 spiro atoms. The second-order valence-corrected chi connectivity index (χ2v) is 6.34. The minimum atomic E-state index is 0.148. The number of nitrogens with one attached hydrogen (secondary N) is 2. The number of aromatic nitrogens is 3. The molecule has 2 aliphatic rings. The van der Waals surface area contributed by atoms with Crippen molar-refractivity contribution in [1.29, 1.82) is 0 Å². The second-order valence-electron chi connectivity index (χ2n) is 6.34. The normalized spacial score (nSPS) is 18.0. The molecule has 132 valence electrons. The van der Waals surface area contributed by atoms with Crippen LogP contribution in [0.5, 0.6) is 6.01 Å². The molecule has 2 N–H and O–H groups in total. The molecule has 2 fully saturated rings. The Bertz CT molecular complexity index is 555. The number of methoxy groups -OCH3 is 1. The molecule has 1 saturated carbocycles. The highest BCUT2D eigenvalue weighted by Crippen LogP contribution is 2.28. The fourth-order valence-corrected chi connectivity index (χ4v) is 2.78. The minimum Gasteiger partial charge on any atom is -0.467 e. The van der Waals surface area contributed by atoms with Gasteiger partial charge in [-0.25, -0.2) is 0 Å². The molecular formula is C16H26N6O2. The summed E-state index contributed by atoms with van der Waals surface area (Å²) in [7, 11) is 1.56. The molecule has 8 nitrogen and oxygen atoms in total. The molecule has 0 bridgehead atoms. The van der Waals surface area contributed by atoms with Crippen LogP contribution in [0.3, 0.4) is 0 Å². The predicted octanol–water partition coefficient (Wildman–Crippen LogP) is 1.20. The molecule has 24 heavy (non-hydrogen) atoms. The van der Waals surface area contributed by atoms with E-state index in [9.17, 15) is 4.79 Å². The SMILES string of the molecule is COc1nc(NCCNC(=O)C2CC2)nc(N2CCCCCC2)n1. The van der Waals surface area contributed by atoms with E-state index in [2.05, 4.69) is 30.5 Å². The van der Waals surface area contributed by atoms with Crippen LogP contribution in [0.2, 0.25) is 0 Å². The van der Waals surface area contributed by atoms with Crippen molar-refractivity contribution in [2.45, 2.75) is 38.5 Å². The predicted molar refractivity (Wildman–Crippen MR) is 91.3 cm³/mol. The lowest BCUT2D eigenvalue weighted by Crippen LogP contribution is -2.30. The summed E-state index contributed by atoms with van der Waals surface area (Å²) in [6.45, 7) is 3.06. The molecule has 1 aromatic rings. The number of carbonyl (C=O) groups excluding carboxylic acids is 1. The molecule has 1 aliphatic carbocycles. The van der Waals surface area contributed by atoms with Crippen LogP contribution in [0.1, 0.15) is 38.5 Å². The molecule has 3 rings (SSSR count). The zero-order valence-electron chi connectivity index (χ0n) is 14.3. The third-order valence-corrected chi connectivity index (χ3v) is 4.33. The fraction of sp³-hybridized carbons (Fsp3) is 0.750. The Kier molecular flexibility index (Phi) is 5.66. The summed E-state index contributed by atoms with van der Waals surface area (Å²) < 4.78 is 5.20. The van der Waals surface area contributed by atoms with Crippen LogP contribution in [-0.2, 0) is 4.79 Å². The van der Waals surface area contributed by atoms with E-state index in [1.807, 2.05) is 0 Å². The van der Waals surface area contributed by atoms with Gasteiger partial charge < -0.3 is 20.3 Å². The van der Waals surface area contributed by atoms with E-state index in [1.165, 1.54) is 12.8 Å². The zero-order chi connectivity index (χ0) is 16.8. The van der Waals surface area contributed by atoms with Crippen molar-refractivity contribution >= 4 is 17.8 Å². The lowest BCUT2D eigenvalue weighted by Gasteiger charge is -2.20. The molecule has 1 saturated heterocycles. The third kappa shape index (κ3) is 4.69. The van der Waals surface area contributed by atoms with Gasteiger partial charge in [0.15, 0.2) is 0 Å². The summed E-state index contributed by atoms with van der Waals surface area (Å²) in [5, 5.41) is 6.06. The number of carbonyl (C=O) groups is 1. The molecule has 1 amide bonds. The van der Waals surface area contributed by atoms with E-state index in [0.29, 0.717) is 31.0 Å². The van der Waals surface area contributed by atoms with E-state index >= 15 is 0 Å². The molecule has 0 aromatic carbocycles. The van der Waals surface area contributed by atoms with E-state index in [0.717, 1.165) is 38.8 Å². The van der Waals surface area contributed by atoms with Gasteiger partial charge in [0.1, 0.15) is 0 Å². The van der Waals surface area contributed by atoms with Gasteiger partial charge in [-0.15, -0.1) is 0 Å². The fourth-order valence-electron chi connectivity index (χ4n) is 2.78. The molecule has 2 heterocycles. The zero-order valence-corrected chi connectivity index (χ0v) is 14.3. The number of hydrogen-bond donors (Lipinski definition) is 2. The Labute approximate surface area is 142 Å². The first-order valence-corrected chi connectivity index (χ1v) is 8.83. The largest absolute Gasteiger partial charge is 0.467 e. The maximum atomic E-state index is 11.6. The van der Waals surface area contributed by atoms with Gasteiger partial charge in [0.2, 0.25) is 17.8 Å². The van der Waals surface area contributed by atoms with Gasteiger partial charge in [-0.05, 0) is 25.7 Å². The second kappa shape index (κ2) is 8.12. The monoisotopic (exact) mass is 334 g/mol. The van der Waals surface area contributed by atoms with E-state index in [4.69, 9.17) is 4.74 Å². The smallest absolute Gasteiger partial charge is 0.322 e. The van der Waals surface area contributed by atoms with Gasteiger partial charge in [-0.1, -0.05) is 12.8 Å². The topological polar surface area (TPSA) is 92.3 Å². The highest BCUT2D eigenvalue weighted by atomic mass is 16.5. The van der Waals surface area contributed by atoms with E-state index in [1.54, 1.807) is 7.11 Å². The van der Waals surface area contributed by atoms with Gasteiger partial charge in [0.05, 0.1) is 7.11 Å². The Morgan fingerprint density at radius 3 is 2.54 bits per heavy atom. The van der Waals surface area contributed by atoms with Gasteiger partial charge in [-0.2, -0.15) is 15.0 Å². The summed E-state index contributed by atoms with van der Waals surface area (Å²) in [5.41, 5.74) is 0. The Hall–Kier alpha value is -2.12. The summed E-state index contributed by atoms with van der Waals surface area (Å²) in [6, 6.07) is 0.314. The van der Waals surface area contributed by atoms with Crippen molar-refractivity contribution in [3.05, 3.63) is 0 Å². The van der Waals surface area contributed by atoms with Crippen molar-refractivity contribution in [2.24, 2.45) is 5.92 Å². The van der Waals surface area contributed by atoms with Gasteiger partial charge in [0, 0.05) is 32.1 Å². The highest BCUT2D eigenvalue weighted by molar-refractivity contribution is 5.80. The Morgan fingerprint density at radius 1 is 1.12 bits per heavy atom. The number of nitrogens with zero attached hydrogens (tertiary/aromatic N) is 4. The van der Waals surface area contributed by atoms with Crippen molar-refractivity contribution in [3.8, 4) is 6.01 Å².